The van der Waals surface area contributed by atoms with Crippen molar-refractivity contribution in [1.29, 1.82) is 0 Å². The van der Waals surface area contributed by atoms with Crippen LogP contribution in [0.15, 0.2) is 48.9 Å². The summed E-state index contributed by atoms with van der Waals surface area (Å²) in [6.45, 7) is 0. The van der Waals surface area contributed by atoms with E-state index < -0.39 is 17.6 Å². The molecule has 1 fully saturated rings. The van der Waals surface area contributed by atoms with Crippen molar-refractivity contribution in [3.8, 4) is 40.0 Å². The number of H-pyrrole nitrogens is 1. The molecule has 4 aromatic rings. The number of hydrogen-bond donors (Lipinski definition) is 2. The van der Waals surface area contributed by atoms with Gasteiger partial charge in [-0.15, -0.1) is 10.2 Å². The third kappa shape index (κ3) is 5.35. The minimum Gasteiger partial charge on any atom is -0.481 e. The number of benzene rings is 1. The average Bonchev–Trinajstić information content (AvgIpc) is 3.38. The van der Waals surface area contributed by atoms with Crippen LogP contribution in [0.25, 0.3) is 34.0 Å². The number of nitrogens with zero attached hydrogens (tertiary/aromatic N) is 5. The highest BCUT2D eigenvalue weighted by Gasteiger charge is 2.24. The van der Waals surface area contributed by atoms with Crippen LogP contribution in [0.1, 0.15) is 32.1 Å². The lowest BCUT2D eigenvalue weighted by atomic mass is 9.85. The van der Waals surface area contributed by atoms with E-state index in [1.165, 1.54) is 6.07 Å². The van der Waals surface area contributed by atoms with Crippen LogP contribution in [-0.2, 0) is 4.79 Å². The number of aromatic nitrogens is 6. The van der Waals surface area contributed by atoms with Gasteiger partial charge in [0.25, 0.3) is 0 Å². The third-order valence-electron chi connectivity index (χ3n) is 6.17. The number of nitrogens with one attached hydrogen (secondary N) is 1. The summed E-state index contributed by atoms with van der Waals surface area (Å²) < 4.78 is 32.6. The lowest BCUT2D eigenvalue weighted by molar-refractivity contribution is -0.138. The number of carboxylic acids is 1. The molecule has 0 radical (unpaired) electrons. The van der Waals surface area contributed by atoms with Gasteiger partial charge in [-0.25, -0.2) is 18.7 Å². The number of hydrogen-bond acceptors (Lipinski definition) is 7. The minimum atomic E-state index is -0.960. The summed E-state index contributed by atoms with van der Waals surface area (Å²) in [5.74, 6) is -1.69. The van der Waals surface area contributed by atoms with Crippen molar-refractivity contribution >= 4 is 5.97 Å². The second kappa shape index (κ2) is 10.1. The average molecular weight is 492 g/mol. The monoisotopic (exact) mass is 492 g/mol. The Labute approximate surface area is 204 Å². The molecule has 0 amide bonds. The summed E-state index contributed by atoms with van der Waals surface area (Å²) in [6, 6.07) is 7.38. The van der Waals surface area contributed by atoms with Crippen LogP contribution in [0.3, 0.4) is 0 Å². The van der Waals surface area contributed by atoms with E-state index in [0.717, 1.165) is 37.8 Å². The topological polar surface area (TPSA) is 127 Å². The molecule has 1 aliphatic rings. The van der Waals surface area contributed by atoms with E-state index >= 15 is 0 Å². The van der Waals surface area contributed by atoms with Crippen LogP contribution in [0.4, 0.5) is 8.78 Å². The highest BCUT2D eigenvalue weighted by Crippen LogP contribution is 2.29. The van der Waals surface area contributed by atoms with Gasteiger partial charge in [-0.1, -0.05) is 0 Å². The first kappa shape index (κ1) is 23.5. The molecule has 11 heteroatoms. The molecule has 36 heavy (non-hydrogen) atoms. The Bertz CT molecular complexity index is 1350. The van der Waals surface area contributed by atoms with Crippen molar-refractivity contribution in [3.05, 3.63) is 60.6 Å². The highest BCUT2D eigenvalue weighted by molar-refractivity contribution is 5.67. The van der Waals surface area contributed by atoms with Gasteiger partial charge < -0.3 is 14.8 Å². The van der Waals surface area contributed by atoms with Crippen molar-refractivity contribution in [2.45, 2.75) is 38.2 Å². The molecule has 184 valence electrons. The highest BCUT2D eigenvalue weighted by atomic mass is 19.2. The molecule has 5 rings (SSSR count). The first-order chi connectivity index (χ1) is 17.4. The molecule has 0 unspecified atom stereocenters. The number of aliphatic carboxylic acids is 1. The molecule has 0 saturated heterocycles. The van der Waals surface area contributed by atoms with Gasteiger partial charge in [0.2, 0.25) is 0 Å². The Kier molecular flexibility index (Phi) is 6.61. The molecule has 9 nitrogen and oxygen atoms in total. The van der Waals surface area contributed by atoms with E-state index in [9.17, 15) is 13.6 Å². The van der Waals surface area contributed by atoms with Gasteiger partial charge in [0, 0.05) is 41.7 Å². The standard InChI is InChI=1S/C25H22F2N6O3/c26-19-7-3-15(10-20(19)27)23-31-24(33-32-23)16-4-8-21(28-11-16)17-12-29-25(30-13-17)36-18-5-1-14(2-6-18)9-22(34)35/h3-4,7-8,10-14,18H,1-2,5-6,9H2,(H,34,35)(H,31,32,33)/t14-,18-. The van der Waals surface area contributed by atoms with Crippen molar-refractivity contribution < 1.29 is 23.4 Å². The fourth-order valence-electron chi connectivity index (χ4n) is 4.23. The lowest BCUT2D eigenvalue weighted by Crippen LogP contribution is -2.25. The number of pyridine rings is 1. The van der Waals surface area contributed by atoms with Crippen LogP contribution in [0.2, 0.25) is 0 Å². The Balaban J connectivity index is 1.21. The summed E-state index contributed by atoms with van der Waals surface area (Å²) in [6.07, 6.45) is 8.28. The Morgan fingerprint density at radius 1 is 0.889 bits per heavy atom. The fraction of sp³-hybridized carbons (Fsp3) is 0.280. The van der Waals surface area contributed by atoms with Crippen LogP contribution < -0.4 is 4.74 Å². The normalized spacial score (nSPS) is 17.6. The quantitative estimate of drug-likeness (QED) is 0.381. The van der Waals surface area contributed by atoms with Crippen LogP contribution in [-0.4, -0.2) is 47.3 Å². The summed E-state index contributed by atoms with van der Waals surface area (Å²) in [7, 11) is 0. The molecule has 1 saturated carbocycles. The Morgan fingerprint density at radius 2 is 1.56 bits per heavy atom. The molecule has 3 aromatic heterocycles. The number of ether oxygens (including phenoxy) is 1. The van der Waals surface area contributed by atoms with Crippen molar-refractivity contribution in [1.82, 2.24) is 30.1 Å². The lowest BCUT2D eigenvalue weighted by Gasteiger charge is -2.27. The van der Waals surface area contributed by atoms with Crippen molar-refractivity contribution in [3.63, 3.8) is 0 Å². The number of carboxylic acid groups (broad SMARTS) is 1. The van der Waals surface area contributed by atoms with Gasteiger partial charge >= 0.3 is 12.0 Å². The number of rotatable bonds is 7. The maximum absolute atomic E-state index is 13.5. The molecule has 3 heterocycles. The molecule has 0 bridgehead atoms. The van der Waals surface area contributed by atoms with Crippen LogP contribution in [0, 0.1) is 17.6 Å². The van der Waals surface area contributed by atoms with E-state index in [-0.39, 0.29) is 24.5 Å². The fourth-order valence-corrected chi connectivity index (χ4v) is 4.23. The second-order valence-electron chi connectivity index (χ2n) is 8.70. The number of carbonyl (C=O) groups is 1. The van der Waals surface area contributed by atoms with Gasteiger partial charge in [0.1, 0.15) is 6.10 Å². The second-order valence-corrected chi connectivity index (χ2v) is 8.70. The zero-order chi connectivity index (χ0) is 25.1. The van der Waals surface area contributed by atoms with E-state index in [2.05, 4.69) is 30.1 Å². The van der Waals surface area contributed by atoms with Crippen LogP contribution in [0.5, 0.6) is 6.01 Å². The Hall–Kier alpha value is -4.28. The van der Waals surface area contributed by atoms with E-state index in [1.807, 2.05) is 0 Å². The maximum Gasteiger partial charge on any atom is 0.316 e. The maximum atomic E-state index is 13.5. The van der Waals surface area contributed by atoms with Gasteiger partial charge in [-0.3, -0.25) is 9.78 Å². The van der Waals surface area contributed by atoms with Crippen molar-refractivity contribution in [2.24, 2.45) is 5.92 Å². The molecule has 1 aromatic carbocycles. The summed E-state index contributed by atoms with van der Waals surface area (Å²) in [5, 5.41) is 17.0. The Morgan fingerprint density at radius 3 is 2.19 bits per heavy atom. The molecule has 0 spiro atoms. The molecule has 2 N–H and O–H groups in total. The van der Waals surface area contributed by atoms with E-state index in [0.29, 0.717) is 34.0 Å². The zero-order valence-electron chi connectivity index (χ0n) is 19.1. The largest absolute Gasteiger partial charge is 0.481 e. The molecule has 1 aliphatic carbocycles. The molecular formula is C25H22F2N6O3. The zero-order valence-corrected chi connectivity index (χ0v) is 19.1. The first-order valence-electron chi connectivity index (χ1n) is 11.5. The molecule has 0 atom stereocenters. The predicted molar refractivity (Wildman–Crippen MR) is 125 cm³/mol. The van der Waals surface area contributed by atoms with Gasteiger partial charge in [0.05, 0.1) is 5.69 Å². The van der Waals surface area contributed by atoms with Crippen molar-refractivity contribution in [2.75, 3.05) is 0 Å². The van der Waals surface area contributed by atoms with Gasteiger partial charge in [-0.05, 0) is 61.9 Å². The van der Waals surface area contributed by atoms with Gasteiger partial charge in [0.15, 0.2) is 23.3 Å². The SMILES string of the molecule is O=C(O)C[C@H]1CC[C@H](Oc2ncc(-c3ccc(-c4nnc(-c5ccc(F)c(F)c5)[nH]4)cn3)cn2)CC1. The molecular weight excluding hydrogens is 470 g/mol. The van der Waals surface area contributed by atoms with Gasteiger partial charge in [-0.2, -0.15) is 0 Å². The van der Waals surface area contributed by atoms with E-state index in [1.54, 1.807) is 30.7 Å². The van der Waals surface area contributed by atoms with E-state index in [4.69, 9.17) is 9.84 Å². The minimum absolute atomic E-state index is 0.0171. The third-order valence-corrected chi connectivity index (χ3v) is 6.17. The number of aromatic amines is 1. The van der Waals surface area contributed by atoms with Crippen LogP contribution >= 0.6 is 0 Å². The predicted octanol–water partition coefficient (Wildman–Crippen LogP) is 4.68. The summed E-state index contributed by atoms with van der Waals surface area (Å²) in [5.41, 5.74) is 2.41. The first-order valence-corrected chi connectivity index (χ1v) is 11.5. The summed E-state index contributed by atoms with van der Waals surface area (Å²) in [4.78, 5) is 26.9. The molecule has 0 aliphatic heterocycles. The smallest absolute Gasteiger partial charge is 0.316 e. The summed E-state index contributed by atoms with van der Waals surface area (Å²) >= 11 is 0. The number of halogens is 2.